The van der Waals surface area contributed by atoms with E-state index in [9.17, 15) is 33.9 Å². The minimum Gasteiger partial charge on any atom is -0.497 e. The van der Waals surface area contributed by atoms with E-state index in [4.69, 9.17) is 10.5 Å². The highest BCUT2D eigenvalue weighted by molar-refractivity contribution is 5.90. The molecule has 5 amide bonds. The third-order valence-corrected chi connectivity index (χ3v) is 8.80. The molecule has 16 heteroatoms. The van der Waals surface area contributed by atoms with Crippen LogP contribution in [0.1, 0.15) is 127 Å². The molecule has 0 radical (unpaired) electrons. The van der Waals surface area contributed by atoms with Crippen molar-refractivity contribution in [3.8, 4) is 5.75 Å². The first-order chi connectivity index (χ1) is 28.6. The average Bonchev–Trinajstić information content (AvgIpc) is 3.75. The average molecular weight is 855 g/mol. The topological polar surface area (TPSA) is 233 Å². The Morgan fingerprint density at radius 3 is 2.02 bits per heavy atom. The number of ether oxygens (including phenoxy) is 1. The number of nitrogens with zero attached hydrogens (tertiary/aromatic N) is 1. The quantitative estimate of drug-likeness (QED) is 0.0837. The van der Waals surface area contributed by atoms with E-state index in [-0.39, 0.29) is 42.9 Å². The second-order valence-corrected chi connectivity index (χ2v) is 13.4. The van der Waals surface area contributed by atoms with Crippen LogP contribution in [-0.2, 0) is 35.2 Å². The lowest BCUT2D eigenvalue weighted by molar-refractivity contribution is -0.140. The van der Waals surface area contributed by atoms with Gasteiger partial charge >= 0.3 is 0 Å². The number of carbonyl (C=O) groups excluding carboxylic acids is 6. The zero-order valence-corrected chi connectivity index (χ0v) is 39.8. The summed E-state index contributed by atoms with van der Waals surface area (Å²) in [5, 5.41) is 26.1. The van der Waals surface area contributed by atoms with E-state index >= 15 is 0 Å². The largest absolute Gasteiger partial charge is 0.497 e. The number of hydrogen-bond acceptors (Lipinski definition) is 11. The van der Waals surface area contributed by atoms with E-state index in [1.807, 2.05) is 72.7 Å². The van der Waals surface area contributed by atoms with Crippen molar-refractivity contribution in [2.24, 2.45) is 5.73 Å². The van der Waals surface area contributed by atoms with Crippen LogP contribution >= 0.6 is 0 Å². The number of amides is 5. The second-order valence-electron chi connectivity index (χ2n) is 13.4. The van der Waals surface area contributed by atoms with Crippen LogP contribution in [0.2, 0.25) is 0 Å². The van der Waals surface area contributed by atoms with Gasteiger partial charge in [-0.25, -0.2) is 0 Å². The van der Waals surface area contributed by atoms with Gasteiger partial charge in [-0.3, -0.25) is 24.0 Å². The SMILES string of the molecule is CC.CC.CC.CCCCC.CNCC(O)CC(=O)N[C@@H](C)C(=O)NCC=O.CN[C@H](C)C(=O)N1CCCC1C(=O)NC(Cc1cccc(OC)c1)C(C)N[C@@H](C)C(N)=O. The molecule has 0 bridgehead atoms. The van der Waals surface area contributed by atoms with Gasteiger partial charge in [0.05, 0.1) is 38.3 Å². The Morgan fingerprint density at radius 2 is 1.53 bits per heavy atom. The van der Waals surface area contributed by atoms with Gasteiger partial charge in [0.1, 0.15) is 24.1 Å². The molecule has 0 spiro atoms. The molecule has 9 N–H and O–H groups in total. The normalized spacial score (nSPS) is 15.3. The van der Waals surface area contributed by atoms with E-state index in [0.717, 1.165) is 17.7 Å². The van der Waals surface area contributed by atoms with E-state index in [0.29, 0.717) is 32.2 Å². The molecule has 0 aromatic heterocycles. The molecule has 7 atom stereocenters. The molecule has 1 heterocycles. The number of primary amides is 1. The third kappa shape index (κ3) is 28.4. The van der Waals surface area contributed by atoms with Gasteiger partial charge in [-0.05, 0) is 78.7 Å². The summed E-state index contributed by atoms with van der Waals surface area (Å²) in [6.45, 7) is 24.1. The molecule has 1 fully saturated rings. The van der Waals surface area contributed by atoms with Gasteiger partial charge in [-0.2, -0.15) is 0 Å². The maximum absolute atomic E-state index is 13.2. The minimum atomic E-state index is -0.787. The summed E-state index contributed by atoms with van der Waals surface area (Å²) in [5.41, 5.74) is 6.40. The number of likely N-dealkylation sites (N-methyl/N-ethyl adjacent to an activating group) is 2. The van der Waals surface area contributed by atoms with Crippen LogP contribution in [0.5, 0.6) is 5.75 Å². The lowest BCUT2D eigenvalue weighted by atomic mass is 9.98. The maximum Gasteiger partial charge on any atom is 0.243 e. The molecule has 350 valence electrons. The van der Waals surface area contributed by atoms with Crippen LogP contribution in [0.3, 0.4) is 0 Å². The Kier molecular flexibility index (Phi) is 42.0. The first-order valence-electron chi connectivity index (χ1n) is 21.9. The molecule has 1 aliphatic heterocycles. The zero-order chi connectivity index (χ0) is 47.2. The predicted molar refractivity (Wildman–Crippen MR) is 244 cm³/mol. The van der Waals surface area contributed by atoms with Crippen molar-refractivity contribution in [2.45, 2.75) is 170 Å². The maximum atomic E-state index is 13.2. The number of aliphatic hydroxyl groups excluding tert-OH is 1. The third-order valence-electron chi connectivity index (χ3n) is 8.80. The van der Waals surface area contributed by atoms with Gasteiger partial charge < -0.3 is 57.2 Å². The first kappa shape index (κ1) is 62.5. The van der Waals surface area contributed by atoms with Gasteiger partial charge in [0.15, 0.2) is 0 Å². The van der Waals surface area contributed by atoms with Crippen molar-refractivity contribution >= 4 is 35.8 Å². The number of hydrogen-bond donors (Lipinski definition) is 8. The van der Waals surface area contributed by atoms with Crippen LogP contribution in [0.4, 0.5) is 0 Å². The fourth-order valence-electron chi connectivity index (χ4n) is 5.49. The van der Waals surface area contributed by atoms with Gasteiger partial charge in [0.25, 0.3) is 0 Å². The van der Waals surface area contributed by atoms with E-state index in [1.165, 1.54) is 26.2 Å². The fraction of sp³-hybridized carbons (Fsp3) is 0.727. The zero-order valence-electron chi connectivity index (χ0n) is 39.8. The van der Waals surface area contributed by atoms with Gasteiger partial charge in [-0.1, -0.05) is 86.8 Å². The van der Waals surface area contributed by atoms with E-state index < -0.39 is 42.0 Å². The smallest absolute Gasteiger partial charge is 0.243 e. The molecular formula is C44H86N8O8. The highest BCUT2D eigenvalue weighted by Gasteiger charge is 2.37. The molecule has 0 saturated carbocycles. The molecule has 1 aromatic rings. The molecule has 16 nitrogen and oxygen atoms in total. The van der Waals surface area contributed by atoms with E-state index in [1.54, 1.807) is 40.0 Å². The summed E-state index contributed by atoms with van der Waals surface area (Å²) in [6, 6.07) is 4.94. The first-order valence-corrected chi connectivity index (χ1v) is 21.9. The van der Waals surface area contributed by atoms with Gasteiger partial charge in [-0.15, -0.1) is 0 Å². The predicted octanol–water partition coefficient (Wildman–Crippen LogP) is 3.23. The van der Waals surface area contributed by atoms with Crippen LogP contribution in [0.25, 0.3) is 0 Å². The lowest BCUT2D eigenvalue weighted by Crippen LogP contribution is -2.58. The number of nitrogens with one attached hydrogen (secondary N) is 6. The number of aldehydes is 1. The van der Waals surface area contributed by atoms with Crippen molar-refractivity contribution in [1.82, 2.24) is 36.8 Å². The molecule has 60 heavy (non-hydrogen) atoms. The number of carbonyl (C=O) groups is 6. The molecule has 0 aliphatic carbocycles. The number of unbranched alkanes of at least 4 members (excludes halogenated alkanes) is 2. The van der Waals surface area contributed by atoms with Crippen LogP contribution < -0.4 is 42.4 Å². The van der Waals surface area contributed by atoms with Crippen LogP contribution in [0.15, 0.2) is 24.3 Å². The van der Waals surface area contributed by atoms with Crippen molar-refractivity contribution in [3.05, 3.63) is 29.8 Å². The van der Waals surface area contributed by atoms with Crippen molar-refractivity contribution in [1.29, 1.82) is 0 Å². The second kappa shape index (κ2) is 40.3. The highest BCUT2D eigenvalue weighted by atomic mass is 16.5. The highest BCUT2D eigenvalue weighted by Crippen LogP contribution is 2.20. The van der Waals surface area contributed by atoms with Crippen molar-refractivity contribution in [3.63, 3.8) is 0 Å². The summed E-state index contributed by atoms with van der Waals surface area (Å²) in [4.78, 5) is 71.8. The molecule has 1 aliphatic rings. The number of benzene rings is 1. The summed E-state index contributed by atoms with van der Waals surface area (Å²) in [6.07, 6.45) is 5.70. The van der Waals surface area contributed by atoms with Crippen LogP contribution in [0, 0.1) is 0 Å². The van der Waals surface area contributed by atoms with Crippen LogP contribution in [-0.4, -0.2) is 129 Å². The van der Waals surface area contributed by atoms with Crippen molar-refractivity contribution < 1.29 is 38.6 Å². The lowest BCUT2D eigenvalue weighted by Gasteiger charge is -2.32. The molecular weight excluding hydrogens is 769 g/mol. The number of likely N-dealkylation sites (tertiary alicyclic amines) is 1. The summed E-state index contributed by atoms with van der Waals surface area (Å²) in [5.74, 6) is -0.852. The fourth-order valence-corrected chi connectivity index (χ4v) is 5.49. The minimum absolute atomic E-state index is 0.0772. The standard InChI is InChI=1S/C23H37N5O4.C10H19N3O4.C5H12.3C2H6/c1-14(26-15(2)21(24)29)19(13-17-8-6-9-18(12-17)32-5)27-22(30)20-10-7-11-28(20)23(31)16(3)25-4;1-7(10(17)12-3-4-14)13-9(16)5-8(15)6-11-2;1-3-5-4-2;3*1-2/h6,8-9,12,14-16,19-20,25-26H,7,10-11,13H2,1-5H3,(H2,24,29)(H,27,30);4,7-8,11,15H,3,5-6H2,1-2H3,(H,12,17)(H,13,16);3-5H2,1-2H3;3*1-2H3/t14?,15-,16+,19?,20?;7-,8?;;;;/m00..../s1. The Morgan fingerprint density at radius 1 is 0.933 bits per heavy atom. The van der Waals surface area contributed by atoms with Gasteiger partial charge in [0.2, 0.25) is 29.5 Å². The Hall–Kier alpha value is -4.12. The molecule has 1 saturated heterocycles. The van der Waals surface area contributed by atoms with Gasteiger partial charge in [0, 0.05) is 25.2 Å². The van der Waals surface area contributed by atoms with E-state index in [2.05, 4.69) is 45.7 Å². The summed E-state index contributed by atoms with van der Waals surface area (Å²) in [7, 11) is 5.00. The Labute approximate surface area is 363 Å². The molecule has 2 rings (SSSR count). The number of rotatable bonds is 21. The number of nitrogens with two attached hydrogens (primary N) is 1. The molecule has 4 unspecified atom stereocenters. The Bertz CT molecular complexity index is 1290. The summed E-state index contributed by atoms with van der Waals surface area (Å²) < 4.78 is 5.31. The molecule has 1 aromatic carbocycles. The Balaban J connectivity index is -0.000000469. The monoisotopic (exact) mass is 855 g/mol. The number of methoxy groups -OCH3 is 1. The summed E-state index contributed by atoms with van der Waals surface area (Å²) >= 11 is 0. The van der Waals surface area contributed by atoms with Crippen molar-refractivity contribution in [2.75, 3.05) is 40.8 Å². The number of aliphatic hydroxyl groups is 1.